The molecule has 0 saturated heterocycles. The summed E-state index contributed by atoms with van der Waals surface area (Å²) in [6.45, 7) is 0. The lowest BCUT2D eigenvalue weighted by molar-refractivity contribution is -0.145. The number of ether oxygens (including phenoxy) is 1. The Kier molecular flexibility index (Phi) is 4.90. The van der Waals surface area contributed by atoms with Crippen molar-refractivity contribution in [1.29, 1.82) is 0 Å². The van der Waals surface area contributed by atoms with Gasteiger partial charge in [0.2, 0.25) is 0 Å². The van der Waals surface area contributed by atoms with Gasteiger partial charge in [-0.3, -0.25) is 9.59 Å². The highest BCUT2D eigenvalue weighted by atomic mass is 16.5. The molecule has 108 valence electrons. The summed E-state index contributed by atoms with van der Waals surface area (Å²) >= 11 is 0. The third-order valence-electron chi connectivity index (χ3n) is 2.43. The highest BCUT2D eigenvalue weighted by Crippen LogP contribution is 2.23. The molecule has 1 amide bonds. The van der Waals surface area contributed by atoms with E-state index in [1.807, 2.05) is 5.32 Å². The third kappa shape index (κ3) is 3.87. The summed E-state index contributed by atoms with van der Waals surface area (Å²) in [5.41, 5.74) is -0.178. The monoisotopic (exact) mass is 283 g/mol. The van der Waals surface area contributed by atoms with E-state index >= 15 is 0 Å². The molecule has 0 radical (unpaired) electrons. The molecule has 0 fully saturated rings. The molecule has 8 heteroatoms. The molecule has 1 rings (SSSR count). The molecular formula is C12H13NO7. The van der Waals surface area contributed by atoms with E-state index in [0.29, 0.717) is 5.75 Å². The summed E-state index contributed by atoms with van der Waals surface area (Å²) in [5, 5.41) is 29.0. The van der Waals surface area contributed by atoms with Crippen molar-refractivity contribution in [3.05, 3.63) is 23.8 Å². The molecule has 0 unspecified atom stereocenters. The number of carboxylic acid groups (broad SMARTS) is 2. The van der Waals surface area contributed by atoms with Gasteiger partial charge in [-0.2, -0.15) is 0 Å². The van der Waals surface area contributed by atoms with Crippen LogP contribution in [0.2, 0.25) is 0 Å². The van der Waals surface area contributed by atoms with E-state index in [-0.39, 0.29) is 5.56 Å². The molecule has 0 aliphatic rings. The number of carbonyl (C=O) groups excluding carboxylic acids is 1. The number of carbonyl (C=O) groups is 3. The first-order valence-corrected chi connectivity index (χ1v) is 5.47. The maximum atomic E-state index is 11.8. The van der Waals surface area contributed by atoms with Crippen LogP contribution in [0.5, 0.6) is 11.5 Å². The van der Waals surface area contributed by atoms with E-state index in [1.165, 1.54) is 25.3 Å². The fourth-order valence-electron chi connectivity index (χ4n) is 1.44. The van der Waals surface area contributed by atoms with Gasteiger partial charge in [0.1, 0.15) is 17.5 Å². The van der Waals surface area contributed by atoms with E-state index in [1.54, 1.807) is 0 Å². The maximum Gasteiger partial charge on any atom is 0.326 e. The third-order valence-corrected chi connectivity index (χ3v) is 2.43. The van der Waals surface area contributed by atoms with Gasteiger partial charge >= 0.3 is 11.9 Å². The van der Waals surface area contributed by atoms with Crippen LogP contribution in [-0.2, 0) is 9.59 Å². The molecule has 1 atom stereocenters. The van der Waals surface area contributed by atoms with E-state index in [4.69, 9.17) is 14.9 Å². The fourth-order valence-corrected chi connectivity index (χ4v) is 1.44. The second kappa shape index (κ2) is 6.41. The van der Waals surface area contributed by atoms with Gasteiger partial charge in [0.25, 0.3) is 5.91 Å². The molecule has 1 aromatic carbocycles. The number of phenols is 1. The zero-order valence-electron chi connectivity index (χ0n) is 10.5. The van der Waals surface area contributed by atoms with Crippen molar-refractivity contribution < 1.29 is 34.4 Å². The molecule has 0 aliphatic carbocycles. The average Bonchev–Trinajstić information content (AvgIpc) is 2.36. The second-order valence-corrected chi connectivity index (χ2v) is 3.85. The van der Waals surface area contributed by atoms with Gasteiger partial charge < -0.3 is 25.4 Å². The number of amides is 1. The highest BCUT2D eigenvalue weighted by Gasteiger charge is 2.24. The number of aromatic hydroxyl groups is 1. The van der Waals surface area contributed by atoms with Crippen molar-refractivity contribution in [1.82, 2.24) is 5.32 Å². The quantitative estimate of drug-likeness (QED) is 0.580. The summed E-state index contributed by atoms with van der Waals surface area (Å²) in [7, 11) is 1.38. The van der Waals surface area contributed by atoms with E-state index in [9.17, 15) is 19.5 Å². The van der Waals surface area contributed by atoms with Crippen LogP contribution in [0.1, 0.15) is 16.8 Å². The standard InChI is InChI=1S/C12H13NO7/c1-20-6-2-3-7(9(14)4-6)11(17)13-8(12(18)19)5-10(15)16/h2-4,8,14H,5H2,1H3,(H,13,17)(H,15,16)(H,18,19)/t8-/m1/s1. The first kappa shape index (κ1) is 15.3. The lowest BCUT2D eigenvalue weighted by atomic mass is 10.1. The minimum atomic E-state index is -1.58. The number of phenolic OH excluding ortho intramolecular Hbond substituents is 1. The zero-order chi connectivity index (χ0) is 15.3. The van der Waals surface area contributed by atoms with Crippen molar-refractivity contribution >= 4 is 17.8 Å². The highest BCUT2D eigenvalue weighted by molar-refractivity contribution is 5.99. The van der Waals surface area contributed by atoms with Crippen molar-refractivity contribution in [3.8, 4) is 11.5 Å². The van der Waals surface area contributed by atoms with Gasteiger partial charge in [-0.15, -0.1) is 0 Å². The first-order valence-electron chi connectivity index (χ1n) is 5.47. The lowest BCUT2D eigenvalue weighted by Crippen LogP contribution is -2.42. The molecule has 0 heterocycles. The molecule has 1 aromatic rings. The van der Waals surface area contributed by atoms with Crippen LogP contribution in [0.4, 0.5) is 0 Å². The van der Waals surface area contributed by atoms with Crippen molar-refractivity contribution in [2.45, 2.75) is 12.5 Å². The number of aliphatic carboxylic acids is 2. The predicted octanol–water partition coefficient (Wildman–Crippen LogP) is 0.0585. The van der Waals surface area contributed by atoms with Crippen LogP contribution in [0, 0.1) is 0 Å². The Morgan fingerprint density at radius 1 is 1.30 bits per heavy atom. The Balaban J connectivity index is 2.89. The summed E-state index contributed by atoms with van der Waals surface area (Å²) in [5.74, 6) is -3.81. The van der Waals surface area contributed by atoms with Gasteiger partial charge in [-0.1, -0.05) is 0 Å². The predicted molar refractivity (Wildman–Crippen MR) is 65.8 cm³/mol. The van der Waals surface area contributed by atoms with E-state index < -0.39 is 36.1 Å². The molecule has 0 bridgehead atoms. The van der Waals surface area contributed by atoms with Crippen LogP contribution in [-0.4, -0.2) is 46.3 Å². The average molecular weight is 283 g/mol. The summed E-state index contributed by atoms with van der Waals surface area (Å²) in [4.78, 5) is 33.1. The number of nitrogens with one attached hydrogen (secondary N) is 1. The van der Waals surface area contributed by atoms with Gasteiger partial charge in [-0.25, -0.2) is 4.79 Å². The molecule has 20 heavy (non-hydrogen) atoms. The van der Waals surface area contributed by atoms with Crippen LogP contribution in [0.15, 0.2) is 18.2 Å². The van der Waals surface area contributed by atoms with Gasteiger partial charge in [0, 0.05) is 6.07 Å². The van der Waals surface area contributed by atoms with Crippen molar-refractivity contribution in [2.24, 2.45) is 0 Å². The van der Waals surface area contributed by atoms with Gasteiger partial charge in [0.05, 0.1) is 19.1 Å². The van der Waals surface area contributed by atoms with Crippen LogP contribution in [0.3, 0.4) is 0 Å². The number of hydrogen-bond acceptors (Lipinski definition) is 5. The molecule has 0 saturated carbocycles. The Morgan fingerprint density at radius 3 is 2.40 bits per heavy atom. The van der Waals surface area contributed by atoms with Gasteiger partial charge in [0.15, 0.2) is 0 Å². The maximum absolute atomic E-state index is 11.8. The molecule has 8 nitrogen and oxygen atoms in total. The van der Waals surface area contributed by atoms with Crippen molar-refractivity contribution in [2.75, 3.05) is 7.11 Å². The number of methoxy groups -OCH3 is 1. The van der Waals surface area contributed by atoms with Gasteiger partial charge in [-0.05, 0) is 12.1 Å². The van der Waals surface area contributed by atoms with Crippen LogP contribution in [0.25, 0.3) is 0 Å². The smallest absolute Gasteiger partial charge is 0.326 e. The topological polar surface area (TPSA) is 133 Å². The Morgan fingerprint density at radius 2 is 1.95 bits per heavy atom. The molecule has 0 spiro atoms. The fraction of sp³-hybridized carbons (Fsp3) is 0.250. The Labute approximate surface area is 113 Å². The number of rotatable bonds is 6. The normalized spacial score (nSPS) is 11.4. The number of benzene rings is 1. The van der Waals surface area contributed by atoms with E-state index in [0.717, 1.165) is 0 Å². The Hall–Kier alpha value is -2.77. The summed E-state index contributed by atoms with van der Waals surface area (Å²) in [6.07, 6.45) is -0.766. The number of carboxylic acids is 2. The summed E-state index contributed by atoms with van der Waals surface area (Å²) in [6, 6.07) is 2.24. The second-order valence-electron chi connectivity index (χ2n) is 3.85. The molecule has 0 aromatic heterocycles. The van der Waals surface area contributed by atoms with Crippen molar-refractivity contribution in [3.63, 3.8) is 0 Å². The Bertz CT molecular complexity index is 541. The molecular weight excluding hydrogens is 270 g/mol. The minimum Gasteiger partial charge on any atom is -0.507 e. The minimum absolute atomic E-state index is 0.178. The summed E-state index contributed by atoms with van der Waals surface area (Å²) < 4.78 is 4.84. The first-order chi connectivity index (χ1) is 9.35. The van der Waals surface area contributed by atoms with Crippen LogP contribution < -0.4 is 10.1 Å². The largest absolute Gasteiger partial charge is 0.507 e. The zero-order valence-corrected chi connectivity index (χ0v) is 10.5. The van der Waals surface area contributed by atoms with Crippen LogP contribution >= 0.6 is 0 Å². The number of hydrogen-bond donors (Lipinski definition) is 4. The lowest BCUT2D eigenvalue weighted by Gasteiger charge is -2.13. The molecule has 0 aliphatic heterocycles. The molecule has 4 N–H and O–H groups in total. The van der Waals surface area contributed by atoms with E-state index in [2.05, 4.69) is 0 Å². The SMILES string of the molecule is COc1ccc(C(=O)N[C@H](CC(=O)O)C(=O)O)c(O)c1.